The molecule has 1 saturated heterocycles. The summed E-state index contributed by atoms with van der Waals surface area (Å²) in [6.07, 6.45) is 2.03. The number of nitrogens with two attached hydrogens (primary N) is 1. The van der Waals surface area contributed by atoms with Crippen LogP contribution in [0.25, 0.3) is 0 Å². The number of carbonyl (C=O) groups is 1. The lowest BCUT2D eigenvalue weighted by molar-refractivity contribution is 0.0232. The van der Waals surface area contributed by atoms with Crippen LogP contribution >= 0.6 is 0 Å². The van der Waals surface area contributed by atoms with Crippen LogP contribution in [-0.2, 0) is 4.74 Å². The normalized spacial score (nSPS) is 23.6. The number of hydrogen-bond acceptors (Lipinski definition) is 4. The number of aromatic carboxylic acids is 1. The molecule has 1 aromatic carbocycles. The highest BCUT2D eigenvalue weighted by atomic mass is 16.5. The molecule has 0 bridgehead atoms. The first-order chi connectivity index (χ1) is 8.58. The van der Waals surface area contributed by atoms with Crippen molar-refractivity contribution in [3.05, 3.63) is 23.8 Å². The standard InChI is InChI=1S/C13H18N2O3/c1-8-7-9(5-6-18-8)15-11-4-2-3-10(12(11)14)13(16)17/h2-4,8-9,15H,5-7,14H2,1H3,(H,16,17). The minimum Gasteiger partial charge on any atom is -0.478 e. The largest absolute Gasteiger partial charge is 0.478 e. The van der Waals surface area contributed by atoms with Crippen molar-refractivity contribution in [2.24, 2.45) is 0 Å². The molecule has 18 heavy (non-hydrogen) atoms. The monoisotopic (exact) mass is 250 g/mol. The topological polar surface area (TPSA) is 84.6 Å². The number of hydrogen-bond donors (Lipinski definition) is 3. The highest BCUT2D eigenvalue weighted by Gasteiger charge is 2.20. The van der Waals surface area contributed by atoms with E-state index in [1.807, 2.05) is 13.0 Å². The molecule has 0 aliphatic carbocycles. The van der Waals surface area contributed by atoms with Gasteiger partial charge in [0.25, 0.3) is 0 Å². The first kappa shape index (κ1) is 12.7. The number of rotatable bonds is 3. The van der Waals surface area contributed by atoms with E-state index in [4.69, 9.17) is 15.6 Å². The van der Waals surface area contributed by atoms with Gasteiger partial charge in [0, 0.05) is 12.6 Å². The smallest absolute Gasteiger partial charge is 0.337 e. The number of para-hydroxylation sites is 1. The zero-order valence-corrected chi connectivity index (χ0v) is 10.3. The van der Waals surface area contributed by atoms with Gasteiger partial charge in [0.1, 0.15) is 0 Å². The van der Waals surface area contributed by atoms with Crippen LogP contribution in [0.2, 0.25) is 0 Å². The van der Waals surface area contributed by atoms with Gasteiger partial charge in [-0.05, 0) is 31.9 Å². The molecule has 5 nitrogen and oxygen atoms in total. The molecule has 4 N–H and O–H groups in total. The van der Waals surface area contributed by atoms with Gasteiger partial charge >= 0.3 is 5.97 Å². The second-order valence-electron chi connectivity index (χ2n) is 4.62. The molecule has 5 heteroatoms. The molecule has 1 aromatic rings. The van der Waals surface area contributed by atoms with Crippen LogP contribution in [0.1, 0.15) is 30.1 Å². The third-order valence-electron chi connectivity index (χ3n) is 3.18. The molecule has 2 atom stereocenters. The van der Waals surface area contributed by atoms with Crippen LogP contribution in [0.15, 0.2) is 18.2 Å². The Bertz CT molecular complexity index is 448. The molecule has 2 rings (SSSR count). The van der Waals surface area contributed by atoms with E-state index in [2.05, 4.69) is 5.32 Å². The summed E-state index contributed by atoms with van der Waals surface area (Å²) in [4.78, 5) is 11.0. The number of benzene rings is 1. The van der Waals surface area contributed by atoms with Crippen LogP contribution < -0.4 is 11.1 Å². The molecule has 1 fully saturated rings. The van der Waals surface area contributed by atoms with Crippen LogP contribution in [0.4, 0.5) is 11.4 Å². The summed E-state index contributed by atoms with van der Waals surface area (Å²) in [6, 6.07) is 5.29. The maximum atomic E-state index is 11.0. The van der Waals surface area contributed by atoms with Crippen LogP contribution in [0, 0.1) is 0 Å². The fraction of sp³-hybridized carbons (Fsp3) is 0.462. The third-order valence-corrected chi connectivity index (χ3v) is 3.18. The summed E-state index contributed by atoms with van der Waals surface area (Å²) >= 11 is 0. The molecule has 98 valence electrons. The van der Waals surface area contributed by atoms with Crippen LogP contribution in [0.3, 0.4) is 0 Å². The maximum Gasteiger partial charge on any atom is 0.337 e. The van der Waals surface area contributed by atoms with E-state index in [1.54, 1.807) is 6.07 Å². The van der Waals surface area contributed by atoms with Crippen molar-refractivity contribution >= 4 is 17.3 Å². The summed E-state index contributed by atoms with van der Waals surface area (Å²) in [5, 5.41) is 12.3. The lowest BCUT2D eigenvalue weighted by Gasteiger charge is -2.29. The molecule has 0 saturated carbocycles. The van der Waals surface area contributed by atoms with Gasteiger partial charge in [0.05, 0.1) is 23.0 Å². The molecule has 2 unspecified atom stereocenters. The van der Waals surface area contributed by atoms with Gasteiger partial charge < -0.3 is 20.9 Å². The van der Waals surface area contributed by atoms with Gasteiger partial charge in [-0.2, -0.15) is 0 Å². The SMILES string of the molecule is CC1CC(Nc2cccc(C(=O)O)c2N)CCO1. The van der Waals surface area contributed by atoms with Gasteiger partial charge in [0.15, 0.2) is 0 Å². The van der Waals surface area contributed by atoms with Gasteiger partial charge in [0.2, 0.25) is 0 Å². The fourth-order valence-corrected chi connectivity index (χ4v) is 2.23. The Labute approximate surface area is 106 Å². The highest BCUT2D eigenvalue weighted by molar-refractivity contribution is 5.97. The average molecular weight is 250 g/mol. The molecule has 0 aromatic heterocycles. The van der Waals surface area contributed by atoms with Gasteiger partial charge in [-0.1, -0.05) is 6.07 Å². The summed E-state index contributed by atoms with van der Waals surface area (Å²) in [5.41, 5.74) is 6.98. The molecule has 1 heterocycles. The predicted octanol–water partition coefficient (Wildman–Crippen LogP) is 1.95. The highest BCUT2D eigenvalue weighted by Crippen LogP contribution is 2.26. The first-order valence-electron chi connectivity index (χ1n) is 6.08. The average Bonchev–Trinajstić information content (AvgIpc) is 2.31. The lowest BCUT2D eigenvalue weighted by atomic mass is 10.0. The summed E-state index contributed by atoms with van der Waals surface area (Å²) in [5.74, 6) is -1.00. The molecule has 1 aliphatic rings. The maximum absolute atomic E-state index is 11.0. The fourth-order valence-electron chi connectivity index (χ4n) is 2.23. The van der Waals surface area contributed by atoms with Gasteiger partial charge in [-0.25, -0.2) is 4.79 Å². The first-order valence-corrected chi connectivity index (χ1v) is 6.08. The minimum absolute atomic E-state index is 0.139. The van der Waals surface area contributed by atoms with E-state index in [0.29, 0.717) is 11.4 Å². The number of carboxylic acid groups (broad SMARTS) is 1. The van der Waals surface area contributed by atoms with E-state index < -0.39 is 5.97 Å². The lowest BCUT2D eigenvalue weighted by Crippen LogP contribution is -2.32. The number of carboxylic acids is 1. The van der Waals surface area contributed by atoms with E-state index >= 15 is 0 Å². The Kier molecular flexibility index (Phi) is 3.72. The van der Waals surface area contributed by atoms with Crippen molar-refractivity contribution < 1.29 is 14.6 Å². The Morgan fingerprint density at radius 2 is 2.33 bits per heavy atom. The van der Waals surface area contributed by atoms with Crippen LogP contribution in [0.5, 0.6) is 0 Å². The zero-order valence-electron chi connectivity index (χ0n) is 10.3. The van der Waals surface area contributed by atoms with E-state index in [-0.39, 0.29) is 17.7 Å². The van der Waals surface area contributed by atoms with Crippen LogP contribution in [-0.4, -0.2) is 29.8 Å². The number of ether oxygens (including phenoxy) is 1. The second kappa shape index (κ2) is 5.27. The number of nitrogen functional groups attached to an aromatic ring is 1. The zero-order chi connectivity index (χ0) is 13.1. The van der Waals surface area contributed by atoms with Crippen molar-refractivity contribution in [1.29, 1.82) is 0 Å². The Hall–Kier alpha value is -1.75. The third kappa shape index (κ3) is 2.73. The van der Waals surface area contributed by atoms with Crippen molar-refractivity contribution in [2.45, 2.75) is 31.9 Å². The van der Waals surface area contributed by atoms with Crippen molar-refractivity contribution in [3.8, 4) is 0 Å². The van der Waals surface area contributed by atoms with E-state index in [9.17, 15) is 4.79 Å². The van der Waals surface area contributed by atoms with Crippen molar-refractivity contribution in [3.63, 3.8) is 0 Å². The Balaban J connectivity index is 2.14. The van der Waals surface area contributed by atoms with Crippen molar-refractivity contribution in [2.75, 3.05) is 17.7 Å². The predicted molar refractivity (Wildman–Crippen MR) is 69.9 cm³/mol. The Morgan fingerprint density at radius 3 is 3.00 bits per heavy atom. The number of nitrogens with one attached hydrogen (secondary N) is 1. The molecule has 0 spiro atoms. The Morgan fingerprint density at radius 1 is 1.56 bits per heavy atom. The quantitative estimate of drug-likeness (QED) is 0.714. The van der Waals surface area contributed by atoms with Gasteiger partial charge in [-0.3, -0.25) is 0 Å². The second-order valence-corrected chi connectivity index (χ2v) is 4.62. The van der Waals surface area contributed by atoms with E-state index in [0.717, 1.165) is 19.4 Å². The molecular formula is C13H18N2O3. The molecular weight excluding hydrogens is 232 g/mol. The summed E-state index contributed by atoms with van der Waals surface area (Å²) in [6.45, 7) is 2.75. The summed E-state index contributed by atoms with van der Waals surface area (Å²) in [7, 11) is 0. The summed E-state index contributed by atoms with van der Waals surface area (Å²) < 4.78 is 5.47. The van der Waals surface area contributed by atoms with E-state index in [1.165, 1.54) is 6.07 Å². The molecule has 1 aliphatic heterocycles. The molecule has 0 amide bonds. The number of anilines is 2. The van der Waals surface area contributed by atoms with Crippen molar-refractivity contribution in [1.82, 2.24) is 0 Å². The van der Waals surface area contributed by atoms with Gasteiger partial charge in [-0.15, -0.1) is 0 Å². The molecule has 0 radical (unpaired) electrons. The minimum atomic E-state index is -1.00.